The molecule has 1 N–H and O–H groups in total. The molecule has 0 fully saturated rings. The molecule has 3 nitrogen and oxygen atoms in total. The van der Waals surface area contributed by atoms with Gasteiger partial charge in [-0.3, -0.25) is 0 Å². The Hall–Kier alpha value is 0.0200. The van der Waals surface area contributed by atoms with Crippen molar-refractivity contribution in [2.24, 2.45) is 0 Å². The van der Waals surface area contributed by atoms with Crippen molar-refractivity contribution in [3.05, 3.63) is 0 Å². The van der Waals surface area contributed by atoms with E-state index in [1.54, 1.807) is 0 Å². The second kappa shape index (κ2) is 3.96. The molecule has 49 valence electrons. The molecule has 0 aromatic heterocycles. The van der Waals surface area contributed by atoms with Gasteiger partial charge in [0.2, 0.25) is 0 Å². The Labute approximate surface area is 50.2 Å². The van der Waals surface area contributed by atoms with Crippen LogP contribution in [0.15, 0.2) is 0 Å². The quantitative estimate of drug-likeness (QED) is 0.588. The molecule has 1 radical (unpaired) electrons. The molecule has 0 heterocycles. The maximum atomic E-state index is 10.2. The van der Waals surface area contributed by atoms with Crippen LogP contribution in [0.5, 0.6) is 0 Å². The summed E-state index contributed by atoms with van der Waals surface area (Å²) in [5, 5.41) is 0. The van der Waals surface area contributed by atoms with Crippen LogP contribution < -0.4 is 0 Å². The van der Waals surface area contributed by atoms with Crippen LogP contribution in [0, 0.1) is 0 Å². The molecule has 4 heteroatoms. The molecule has 0 saturated heterocycles. The van der Waals surface area contributed by atoms with Crippen LogP contribution in [0.25, 0.3) is 0 Å². The Morgan fingerprint density at radius 3 is 1.88 bits per heavy atom. The molecular weight excluding hydrogens is 125 g/mol. The summed E-state index contributed by atoms with van der Waals surface area (Å²) in [4.78, 5) is 8.45. The Balaban J connectivity index is 3.52. The van der Waals surface area contributed by atoms with Crippen molar-refractivity contribution >= 4 is 8.18 Å². The minimum atomic E-state index is -2.08. The van der Waals surface area contributed by atoms with Gasteiger partial charge in [-0.05, 0) is 0 Å². The van der Waals surface area contributed by atoms with E-state index in [2.05, 4.69) is 0 Å². The summed E-state index contributed by atoms with van der Waals surface area (Å²) in [7, 11) is -2.08. The topological polar surface area (TPSA) is 40.5 Å². The third kappa shape index (κ3) is 2.36. The first-order valence-corrected chi connectivity index (χ1v) is 3.79. The molecule has 1 unspecified atom stereocenters. The van der Waals surface area contributed by atoms with Crippen molar-refractivity contribution in [3.63, 3.8) is 0 Å². The first-order chi connectivity index (χ1) is 3.72. The van der Waals surface area contributed by atoms with Gasteiger partial charge in [0.15, 0.2) is 0 Å². The third-order valence-electron chi connectivity index (χ3n) is 0.972. The molecule has 0 aliphatic carbocycles. The highest BCUT2D eigenvalue weighted by Gasteiger charge is 2.03. The summed E-state index contributed by atoms with van der Waals surface area (Å²) in [6, 6.07) is 0. The van der Waals surface area contributed by atoms with Crippen LogP contribution >= 0.6 is 8.18 Å². The highest BCUT2D eigenvalue weighted by atomic mass is 31.1. The minimum absolute atomic E-state index is 0.641. The molecule has 0 spiro atoms. The summed E-state index contributed by atoms with van der Waals surface area (Å²) in [6.07, 6.45) is 0. The molecule has 0 bridgehead atoms. The van der Waals surface area contributed by atoms with Crippen LogP contribution in [-0.2, 0) is 4.57 Å². The molecular formula is C4H11NO2P. The number of nitrogens with zero attached hydrogens (tertiary/aromatic N) is 1. The Kier molecular flexibility index (Phi) is 3.97. The van der Waals surface area contributed by atoms with Gasteiger partial charge < -0.3 is 4.89 Å². The molecule has 0 saturated carbocycles. The van der Waals surface area contributed by atoms with Crippen LogP contribution in [-0.4, -0.2) is 22.7 Å². The average Bonchev–Trinajstić information content (AvgIpc) is 1.69. The largest absolute Gasteiger partial charge is 0.308 e. The van der Waals surface area contributed by atoms with Crippen LogP contribution in [0.1, 0.15) is 13.8 Å². The molecule has 0 aliphatic rings. The third-order valence-corrected chi connectivity index (χ3v) is 2.02. The standard InChI is InChI=1S/C4H11NO2P/c1-3-5(4-2)8(6)7/h3-4H2,1-2H3,(H,6,7). The van der Waals surface area contributed by atoms with Crippen LogP contribution in [0.4, 0.5) is 0 Å². The Morgan fingerprint density at radius 2 is 1.88 bits per heavy atom. The predicted molar refractivity (Wildman–Crippen MR) is 32.7 cm³/mol. The summed E-state index contributed by atoms with van der Waals surface area (Å²) < 4.78 is 11.7. The van der Waals surface area contributed by atoms with Crippen molar-refractivity contribution < 1.29 is 9.46 Å². The van der Waals surface area contributed by atoms with Gasteiger partial charge in [-0.15, -0.1) is 0 Å². The van der Waals surface area contributed by atoms with E-state index in [1.165, 1.54) is 4.67 Å². The van der Waals surface area contributed by atoms with Crippen molar-refractivity contribution in [3.8, 4) is 0 Å². The zero-order chi connectivity index (χ0) is 6.57. The lowest BCUT2D eigenvalue weighted by Gasteiger charge is -2.09. The van der Waals surface area contributed by atoms with Crippen LogP contribution in [0.3, 0.4) is 0 Å². The van der Waals surface area contributed by atoms with E-state index in [0.29, 0.717) is 13.1 Å². The van der Waals surface area contributed by atoms with Gasteiger partial charge in [-0.1, -0.05) is 13.8 Å². The van der Waals surface area contributed by atoms with E-state index in [9.17, 15) is 4.57 Å². The van der Waals surface area contributed by atoms with Crippen molar-refractivity contribution in [1.82, 2.24) is 4.67 Å². The number of hydrogen-bond donors (Lipinski definition) is 1. The second-order valence-electron chi connectivity index (χ2n) is 1.39. The van der Waals surface area contributed by atoms with Gasteiger partial charge in [-0.2, -0.15) is 0 Å². The zero-order valence-corrected chi connectivity index (χ0v) is 6.06. The van der Waals surface area contributed by atoms with E-state index in [-0.39, 0.29) is 0 Å². The maximum Gasteiger partial charge on any atom is 0.294 e. The molecule has 8 heavy (non-hydrogen) atoms. The lowest BCUT2D eigenvalue weighted by atomic mass is 10.7. The average molecular weight is 136 g/mol. The second-order valence-corrected chi connectivity index (χ2v) is 2.46. The smallest absolute Gasteiger partial charge is 0.294 e. The first-order valence-electron chi connectivity index (χ1n) is 2.63. The van der Waals surface area contributed by atoms with Gasteiger partial charge in [0.05, 0.1) is 0 Å². The van der Waals surface area contributed by atoms with Crippen molar-refractivity contribution in [1.29, 1.82) is 0 Å². The SMILES string of the molecule is CCN(CC)[P](=O)O. The lowest BCUT2D eigenvalue weighted by molar-refractivity contribution is 0.390. The van der Waals surface area contributed by atoms with Gasteiger partial charge in [0.1, 0.15) is 0 Å². The zero-order valence-electron chi connectivity index (χ0n) is 5.16. The van der Waals surface area contributed by atoms with Gasteiger partial charge in [0.25, 0.3) is 8.18 Å². The minimum Gasteiger partial charge on any atom is -0.308 e. The number of hydrogen-bond acceptors (Lipinski definition) is 1. The van der Waals surface area contributed by atoms with E-state index < -0.39 is 8.18 Å². The number of rotatable bonds is 3. The Morgan fingerprint density at radius 1 is 1.50 bits per heavy atom. The normalized spacial score (nSPS) is 12.2. The van der Waals surface area contributed by atoms with Gasteiger partial charge >= 0.3 is 0 Å². The summed E-state index contributed by atoms with van der Waals surface area (Å²) in [5.74, 6) is 0. The fraction of sp³-hybridized carbons (Fsp3) is 1.00. The maximum absolute atomic E-state index is 10.2. The predicted octanol–water partition coefficient (Wildman–Crippen LogP) is 0.978. The monoisotopic (exact) mass is 136 g/mol. The molecule has 1 atom stereocenters. The first kappa shape index (κ1) is 8.02. The molecule has 0 rings (SSSR count). The van der Waals surface area contributed by atoms with Crippen LogP contribution in [0.2, 0.25) is 0 Å². The summed E-state index contributed by atoms with van der Waals surface area (Å²) in [5.41, 5.74) is 0. The molecule has 0 aliphatic heterocycles. The summed E-state index contributed by atoms with van der Waals surface area (Å²) >= 11 is 0. The fourth-order valence-corrected chi connectivity index (χ4v) is 0.949. The Bertz CT molecular complexity index is 82.1. The lowest BCUT2D eigenvalue weighted by Crippen LogP contribution is -2.12. The van der Waals surface area contributed by atoms with E-state index in [0.717, 1.165) is 0 Å². The van der Waals surface area contributed by atoms with Gasteiger partial charge in [-0.25, -0.2) is 9.24 Å². The van der Waals surface area contributed by atoms with Crippen molar-refractivity contribution in [2.45, 2.75) is 13.8 Å². The highest BCUT2D eigenvalue weighted by molar-refractivity contribution is 7.35. The van der Waals surface area contributed by atoms with E-state index in [4.69, 9.17) is 4.89 Å². The highest BCUT2D eigenvalue weighted by Crippen LogP contribution is 2.18. The van der Waals surface area contributed by atoms with E-state index in [1.807, 2.05) is 13.8 Å². The van der Waals surface area contributed by atoms with E-state index >= 15 is 0 Å². The molecule has 0 amide bonds. The molecule has 0 aromatic rings. The fourth-order valence-electron chi connectivity index (χ4n) is 0.466. The van der Waals surface area contributed by atoms with Crippen molar-refractivity contribution in [2.75, 3.05) is 13.1 Å². The summed E-state index contributed by atoms with van der Waals surface area (Å²) in [6.45, 7) is 4.99. The molecule has 0 aromatic carbocycles. The van der Waals surface area contributed by atoms with Gasteiger partial charge in [0, 0.05) is 13.1 Å².